The highest BCUT2D eigenvalue weighted by molar-refractivity contribution is 5.88. The minimum absolute atomic E-state index is 0.0609. The van der Waals surface area contributed by atoms with Gasteiger partial charge in [-0.2, -0.15) is 0 Å². The molecule has 0 aliphatic rings. The van der Waals surface area contributed by atoms with Crippen molar-refractivity contribution >= 4 is 11.8 Å². The summed E-state index contributed by atoms with van der Waals surface area (Å²) in [6, 6.07) is 13.2. The normalized spacial score (nSPS) is 11.6. The molecule has 156 valence electrons. The highest BCUT2D eigenvalue weighted by Crippen LogP contribution is 2.19. The average Bonchev–Trinajstić information content (AvgIpc) is 2.71. The number of methoxy groups -OCH3 is 1. The molecule has 2 amide bonds. The van der Waals surface area contributed by atoms with Gasteiger partial charge in [0.05, 0.1) is 13.5 Å². The van der Waals surface area contributed by atoms with Crippen LogP contribution in [-0.2, 0) is 22.6 Å². The van der Waals surface area contributed by atoms with Gasteiger partial charge in [-0.25, -0.2) is 0 Å². The maximum absolute atomic E-state index is 13.3. The molecule has 0 bridgehead atoms. The van der Waals surface area contributed by atoms with Crippen LogP contribution in [0.25, 0.3) is 0 Å². The Hall–Kier alpha value is -2.82. The summed E-state index contributed by atoms with van der Waals surface area (Å²) in [7, 11) is 1.62. The van der Waals surface area contributed by atoms with E-state index in [0.717, 1.165) is 22.4 Å². The summed E-state index contributed by atoms with van der Waals surface area (Å²) >= 11 is 0. The molecule has 0 saturated heterocycles. The van der Waals surface area contributed by atoms with E-state index >= 15 is 0 Å². The van der Waals surface area contributed by atoms with E-state index in [9.17, 15) is 9.59 Å². The SMILES string of the molecule is CCNC(=O)C(CC)N(Cc1cccc(OC)c1)C(=O)Cc1ccc(C)c(C)c1. The largest absolute Gasteiger partial charge is 0.497 e. The third-order valence-electron chi connectivity index (χ3n) is 5.15. The van der Waals surface area contributed by atoms with Crippen LogP contribution in [0.3, 0.4) is 0 Å². The Balaban J connectivity index is 2.31. The second-order valence-corrected chi connectivity index (χ2v) is 7.29. The van der Waals surface area contributed by atoms with Crippen LogP contribution in [0.15, 0.2) is 42.5 Å². The van der Waals surface area contributed by atoms with Gasteiger partial charge in [0, 0.05) is 13.1 Å². The quantitative estimate of drug-likeness (QED) is 0.701. The predicted molar refractivity (Wildman–Crippen MR) is 116 cm³/mol. The highest BCUT2D eigenvalue weighted by Gasteiger charge is 2.28. The first kappa shape index (κ1) is 22.5. The van der Waals surface area contributed by atoms with Crippen molar-refractivity contribution in [1.29, 1.82) is 0 Å². The summed E-state index contributed by atoms with van der Waals surface area (Å²) in [4.78, 5) is 27.6. The molecule has 2 rings (SSSR count). The molecule has 1 N–H and O–H groups in total. The molecule has 1 atom stereocenters. The number of aryl methyl sites for hydroxylation is 2. The number of nitrogens with zero attached hydrogens (tertiary/aromatic N) is 1. The van der Waals surface area contributed by atoms with Crippen molar-refractivity contribution < 1.29 is 14.3 Å². The highest BCUT2D eigenvalue weighted by atomic mass is 16.5. The lowest BCUT2D eigenvalue weighted by atomic mass is 10.0. The number of rotatable bonds is 9. The van der Waals surface area contributed by atoms with Crippen LogP contribution in [-0.4, -0.2) is 36.4 Å². The average molecular weight is 397 g/mol. The van der Waals surface area contributed by atoms with Crippen LogP contribution in [0.5, 0.6) is 5.75 Å². The van der Waals surface area contributed by atoms with Crippen LogP contribution in [0.1, 0.15) is 42.5 Å². The van der Waals surface area contributed by atoms with E-state index in [0.29, 0.717) is 19.5 Å². The first-order valence-electron chi connectivity index (χ1n) is 10.2. The molecule has 0 aliphatic carbocycles. The third-order valence-corrected chi connectivity index (χ3v) is 5.15. The summed E-state index contributed by atoms with van der Waals surface area (Å²) in [5.41, 5.74) is 4.24. The maximum atomic E-state index is 13.3. The fourth-order valence-corrected chi connectivity index (χ4v) is 3.37. The summed E-state index contributed by atoms with van der Waals surface area (Å²) in [6.07, 6.45) is 0.815. The molecular formula is C24H32N2O3. The number of hydrogen-bond donors (Lipinski definition) is 1. The van der Waals surface area contributed by atoms with Crippen LogP contribution < -0.4 is 10.1 Å². The number of amides is 2. The number of likely N-dealkylation sites (N-methyl/N-ethyl adjacent to an activating group) is 1. The first-order valence-corrected chi connectivity index (χ1v) is 10.2. The van der Waals surface area contributed by atoms with Crippen molar-refractivity contribution in [2.45, 2.75) is 53.1 Å². The van der Waals surface area contributed by atoms with Gasteiger partial charge in [-0.3, -0.25) is 9.59 Å². The molecule has 0 aromatic heterocycles. The lowest BCUT2D eigenvalue weighted by Gasteiger charge is -2.31. The van der Waals surface area contributed by atoms with E-state index in [1.807, 2.05) is 63.2 Å². The van der Waals surface area contributed by atoms with Crippen LogP contribution >= 0.6 is 0 Å². The minimum Gasteiger partial charge on any atom is -0.497 e. The molecule has 5 nitrogen and oxygen atoms in total. The maximum Gasteiger partial charge on any atom is 0.242 e. The van der Waals surface area contributed by atoms with Crippen molar-refractivity contribution in [1.82, 2.24) is 10.2 Å². The van der Waals surface area contributed by atoms with Crippen LogP contribution in [0.4, 0.5) is 0 Å². The Morgan fingerprint density at radius 3 is 2.41 bits per heavy atom. The van der Waals surface area contributed by atoms with Crippen molar-refractivity contribution in [3.8, 4) is 5.75 Å². The molecule has 0 saturated carbocycles. The Morgan fingerprint density at radius 1 is 1.03 bits per heavy atom. The Labute approximate surface area is 174 Å². The smallest absolute Gasteiger partial charge is 0.242 e. The summed E-state index contributed by atoms with van der Waals surface area (Å²) in [5.74, 6) is 0.552. The van der Waals surface area contributed by atoms with Gasteiger partial charge in [-0.1, -0.05) is 37.3 Å². The van der Waals surface area contributed by atoms with E-state index in [2.05, 4.69) is 12.2 Å². The fourth-order valence-electron chi connectivity index (χ4n) is 3.37. The summed E-state index contributed by atoms with van der Waals surface area (Å²) in [6.45, 7) is 8.80. The molecule has 0 fully saturated rings. The number of ether oxygens (including phenoxy) is 1. The standard InChI is InChI=1S/C24H32N2O3/c1-6-22(24(28)25-7-2)26(16-20-9-8-10-21(14-20)29-5)23(27)15-19-12-11-17(3)18(4)13-19/h8-14,22H,6-7,15-16H2,1-5H3,(H,25,28). The Bertz CT molecular complexity index is 848. The number of benzene rings is 2. The van der Waals surface area contributed by atoms with Gasteiger partial charge in [-0.05, 0) is 61.6 Å². The topological polar surface area (TPSA) is 58.6 Å². The molecule has 2 aromatic rings. The number of carbonyl (C=O) groups is 2. The molecule has 2 aromatic carbocycles. The van der Waals surface area contributed by atoms with E-state index in [1.165, 1.54) is 5.56 Å². The van der Waals surface area contributed by atoms with Crippen molar-refractivity contribution in [2.24, 2.45) is 0 Å². The first-order chi connectivity index (χ1) is 13.9. The molecule has 0 spiro atoms. The van der Waals surface area contributed by atoms with Crippen LogP contribution in [0, 0.1) is 13.8 Å². The van der Waals surface area contributed by atoms with Gasteiger partial charge in [0.15, 0.2) is 0 Å². The fraction of sp³-hybridized carbons (Fsp3) is 0.417. The van der Waals surface area contributed by atoms with Gasteiger partial charge < -0.3 is 15.0 Å². The molecule has 1 unspecified atom stereocenters. The van der Waals surface area contributed by atoms with Crippen LogP contribution in [0.2, 0.25) is 0 Å². The summed E-state index contributed by atoms with van der Waals surface area (Å²) < 4.78 is 5.31. The molecule has 5 heteroatoms. The lowest BCUT2D eigenvalue weighted by molar-refractivity contribution is -0.140. The number of carbonyl (C=O) groups excluding carboxylic acids is 2. The molecule has 0 radical (unpaired) electrons. The van der Waals surface area contributed by atoms with E-state index < -0.39 is 6.04 Å². The minimum atomic E-state index is -0.514. The summed E-state index contributed by atoms with van der Waals surface area (Å²) in [5, 5.41) is 2.86. The zero-order valence-corrected chi connectivity index (χ0v) is 18.1. The zero-order chi connectivity index (χ0) is 21.4. The third kappa shape index (κ3) is 6.08. The lowest BCUT2D eigenvalue weighted by Crippen LogP contribution is -2.49. The van der Waals surface area contributed by atoms with Crippen molar-refractivity contribution in [2.75, 3.05) is 13.7 Å². The van der Waals surface area contributed by atoms with Gasteiger partial charge in [-0.15, -0.1) is 0 Å². The number of hydrogen-bond acceptors (Lipinski definition) is 3. The Kier molecular flexibility index (Phi) is 8.25. The van der Waals surface area contributed by atoms with E-state index in [4.69, 9.17) is 4.74 Å². The predicted octanol–water partition coefficient (Wildman–Crippen LogP) is 3.80. The second kappa shape index (κ2) is 10.6. The van der Waals surface area contributed by atoms with Crippen molar-refractivity contribution in [3.05, 3.63) is 64.7 Å². The van der Waals surface area contributed by atoms with Gasteiger partial charge in [0.2, 0.25) is 11.8 Å². The van der Waals surface area contributed by atoms with Gasteiger partial charge in [0.1, 0.15) is 11.8 Å². The molecule has 29 heavy (non-hydrogen) atoms. The molecule has 0 heterocycles. The monoisotopic (exact) mass is 396 g/mol. The van der Waals surface area contributed by atoms with Gasteiger partial charge >= 0.3 is 0 Å². The van der Waals surface area contributed by atoms with E-state index in [1.54, 1.807) is 12.0 Å². The zero-order valence-electron chi connectivity index (χ0n) is 18.1. The molecular weight excluding hydrogens is 364 g/mol. The Morgan fingerprint density at radius 2 is 1.79 bits per heavy atom. The van der Waals surface area contributed by atoms with E-state index in [-0.39, 0.29) is 18.2 Å². The second-order valence-electron chi connectivity index (χ2n) is 7.29. The van der Waals surface area contributed by atoms with Gasteiger partial charge in [0.25, 0.3) is 0 Å². The van der Waals surface area contributed by atoms with Crippen molar-refractivity contribution in [3.63, 3.8) is 0 Å². The number of nitrogens with one attached hydrogen (secondary N) is 1. The molecule has 0 aliphatic heterocycles.